The maximum atomic E-state index is 12.1. The molecule has 1 aromatic rings. The molecule has 23 heavy (non-hydrogen) atoms. The third-order valence-corrected chi connectivity index (χ3v) is 5.24. The van der Waals surface area contributed by atoms with Gasteiger partial charge in [0.1, 0.15) is 0 Å². The SMILES string of the molecule is C[C@@H](OC(=O)c1cccc(S(=O)(=O)N(C)C)c1)C(=O)NC1CC1. The summed E-state index contributed by atoms with van der Waals surface area (Å²) in [6, 6.07) is 5.72. The molecule has 0 unspecified atom stereocenters. The molecular formula is C15H20N2O5S. The zero-order valence-corrected chi connectivity index (χ0v) is 14.1. The number of hydrogen-bond acceptors (Lipinski definition) is 5. The highest BCUT2D eigenvalue weighted by Gasteiger charge is 2.27. The molecular weight excluding hydrogens is 320 g/mol. The summed E-state index contributed by atoms with van der Waals surface area (Å²) in [5.74, 6) is -1.09. The summed E-state index contributed by atoms with van der Waals surface area (Å²) >= 11 is 0. The lowest BCUT2D eigenvalue weighted by Crippen LogP contribution is -2.37. The van der Waals surface area contributed by atoms with Gasteiger partial charge in [-0.05, 0) is 38.0 Å². The number of sulfonamides is 1. The van der Waals surface area contributed by atoms with Crippen LogP contribution in [0.1, 0.15) is 30.1 Å². The second-order valence-corrected chi connectivity index (χ2v) is 7.80. The first-order valence-corrected chi connectivity index (χ1v) is 8.70. The van der Waals surface area contributed by atoms with Crippen molar-refractivity contribution in [3.8, 4) is 0 Å². The number of nitrogens with one attached hydrogen (secondary N) is 1. The Hall–Kier alpha value is -1.93. The van der Waals surface area contributed by atoms with Crippen molar-refractivity contribution < 1.29 is 22.7 Å². The molecule has 1 aliphatic carbocycles. The molecule has 0 aliphatic heterocycles. The van der Waals surface area contributed by atoms with E-state index in [1.807, 2.05) is 0 Å². The van der Waals surface area contributed by atoms with Crippen LogP contribution in [0.5, 0.6) is 0 Å². The van der Waals surface area contributed by atoms with E-state index in [0.717, 1.165) is 17.1 Å². The molecule has 1 N–H and O–H groups in total. The zero-order valence-electron chi connectivity index (χ0n) is 13.3. The molecule has 7 nitrogen and oxygen atoms in total. The van der Waals surface area contributed by atoms with Crippen LogP contribution in [0.15, 0.2) is 29.2 Å². The van der Waals surface area contributed by atoms with Gasteiger partial charge in [-0.25, -0.2) is 17.5 Å². The molecule has 1 amide bonds. The Bertz CT molecular complexity index is 710. The second-order valence-electron chi connectivity index (χ2n) is 5.65. The van der Waals surface area contributed by atoms with Gasteiger partial charge < -0.3 is 10.1 Å². The van der Waals surface area contributed by atoms with Gasteiger partial charge in [0.25, 0.3) is 5.91 Å². The summed E-state index contributed by atoms with van der Waals surface area (Å²) in [7, 11) is -0.824. The van der Waals surface area contributed by atoms with Crippen molar-refractivity contribution >= 4 is 21.9 Å². The standard InChI is InChI=1S/C15H20N2O5S/c1-10(14(18)16-12-7-8-12)22-15(19)11-5-4-6-13(9-11)23(20,21)17(2)3/h4-6,9-10,12H,7-8H2,1-3H3,(H,16,18)/t10-/m1/s1. The lowest BCUT2D eigenvalue weighted by atomic mass is 10.2. The Kier molecular flexibility index (Phi) is 5.06. The van der Waals surface area contributed by atoms with Crippen molar-refractivity contribution in [1.29, 1.82) is 0 Å². The predicted octanol–water partition coefficient (Wildman–Crippen LogP) is 0.761. The van der Waals surface area contributed by atoms with Crippen LogP contribution >= 0.6 is 0 Å². The quantitative estimate of drug-likeness (QED) is 0.772. The fourth-order valence-electron chi connectivity index (χ4n) is 1.82. The molecule has 0 radical (unpaired) electrons. The van der Waals surface area contributed by atoms with E-state index in [0.29, 0.717) is 0 Å². The van der Waals surface area contributed by atoms with Crippen molar-refractivity contribution in [3.05, 3.63) is 29.8 Å². The molecule has 1 aliphatic rings. The average Bonchev–Trinajstić information content (AvgIpc) is 3.31. The fourth-order valence-corrected chi connectivity index (χ4v) is 2.77. The maximum Gasteiger partial charge on any atom is 0.338 e. The van der Waals surface area contributed by atoms with Gasteiger partial charge in [-0.2, -0.15) is 0 Å². The molecule has 0 bridgehead atoms. The third kappa shape index (κ3) is 4.29. The van der Waals surface area contributed by atoms with Crippen molar-refractivity contribution in [1.82, 2.24) is 9.62 Å². The average molecular weight is 340 g/mol. The summed E-state index contributed by atoms with van der Waals surface area (Å²) in [6.07, 6.45) is 0.949. The van der Waals surface area contributed by atoms with Gasteiger partial charge in [0.05, 0.1) is 10.5 Å². The predicted molar refractivity (Wildman–Crippen MR) is 83.4 cm³/mol. The van der Waals surface area contributed by atoms with E-state index in [9.17, 15) is 18.0 Å². The first kappa shape index (κ1) is 17.4. The monoisotopic (exact) mass is 340 g/mol. The van der Waals surface area contributed by atoms with E-state index < -0.39 is 22.1 Å². The topological polar surface area (TPSA) is 92.8 Å². The Morgan fingerprint density at radius 1 is 1.30 bits per heavy atom. The highest BCUT2D eigenvalue weighted by Crippen LogP contribution is 2.19. The van der Waals surface area contributed by atoms with Gasteiger partial charge in [0, 0.05) is 20.1 Å². The van der Waals surface area contributed by atoms with Crippen LogP contribution in [-0.2, 0) is 19.6 Å². The van der Waals surface area contributed by atoms with E-state index in [1.54, 1.807) is 0 Å². The van der Waals surface area contributed by atoms with E-state index >= 15 is 0 Å². The first-order valence-electron chi connectivity index (χ1n) is 7.26. The van der Waals surface area contributed by atoms with Gasteiger partial charge in [0.2, 0.25) is 10.0 Å². The second kappa shape index (κ2) is 6.67. The maximum absolute atomic E-state index is 12.1. The molecule has 2 rings (SSSR count). The molecule has 0 spiro atoms. The highest BCUT2D eigenvalue weighted by atomic mass is 32.2. The summed E-state index contributed by atoms with van der Waals surface area (Å²) in [4.78, 5) is 23.9. The van der Waals surface area contributed by atoms with Crippen LogP contribution in [-0.4, -0.2) is 50.8 Å². The van der Waals surface area contributed by atoms with Crippen molar-refractivity contribution in [3.63, 3.8) is 0 Å². The molecule has 8 heteroatoms. The fraction of sp³-hybridized carbons (Fsp3) is 0.467. The van der Waals surface area contributed by atoms with E-state index in [2.05, 4.69) is 5.32 Å². The molecule has 1 fully saturated rings. The normalized spacial score (nSPS) is 16.0. The number of hydrogen-bond donors (Lipinski definition) is 1. The van der Waals surface area contributed by atoms with Gasteiger partial charge in [-0.1, -0.05) is 6.07 Å². The van der Waals surface area contributed by atoms with Crippen LogP contribution in [0, 0.1) is 0 Å². The smallest absolute Gasteiger partial charge is 0.338 e. The van der Waals surface area contributed by atoms with Crippen LogP contribution in [0.4, 0.5) is 0 Å². The minimum atomic E-state index is -3.64. The number of amides is 1. The Morgan fingerprint density at radius 3 is 2.52 bits per heavy atom. The van der Waals surface area contributed by atoms with Gasteiger partial charge in [-0.15, -0.1) is 0 Å². The van der Waals surface area contributed by atoms with Crippen LogP contribution in [0.2, 0.25) is 0 Å². The molecule has 1 aromatic carbocycles. The van der Waals surface area contributed by atoms with E-state index in [1.165, 1.54) is 45.3 Å². The van der Waals surface area contributed by atoms with Gasteiger partial charge in [0.15, 0.2) is 6.10 Å². The number of carbonyl (C=O) groups excluding carboxylic acids is 2. The van der Waals surface area contributed by atoms with Crippen LogP contribution in [0.25, 0.3) is 0 Å². The Balaban J connectivity index is 2.09. The molecule has 0 heterocycles. The van der Waals surface area contributed by atoms with Crippen LogP contribution < -0.4 is 5.32 Å². The van der Waals surface area contributed by atoms with E-state index in [-0.39, 0.29) is 22.4 Å². The van der Waals surface area contributed by atoms with Crippen LogP contribution in [0.3, 0.4) is 0 Å². The number of nitrogens with zero attached hydrogens (tertiary/aromatic N) is 1. The Labute approximate surface area is 135 Å². The summed E-state index contributed by atoms with van der Waals surface area (Å²) in [6.45, 7) is 1.48. The Morgan fingerprint density at radius 2 is 1.96 bits per heavy atom. The number of benzene rings is 1. The molecule has 1 saturated carbocycles. The lowest BCUT2D eigenvalue weighted by molar-refractivity contribution is -0.129. The number of ether oxygens (including phenoxy) is 1. The summed E-state index contributed by atoms with van der Waals surface area (Å²) < 4.78 is 30.3. The lowest BCUT2D eigenvalue weighted by Gasteiger charge is -2.14. The van der Waals surface area contributed by atoms with Gasteiger partial charge >= 0.3 is 5.97 Å². The largest absolute Gasteiger partial charge is 0.449 e. The van der Waals surface area contributed by atoms with E-state index in [4.69, 9.17) is 4.74 Å². The number of rotatable bonds is 6. The van der Waals surface area contributed by atoms with Crippen molar-refractivity contribution in [2.75, 3.05) is 14.1 Å². The van der Waals surface area contributed by atoms with Crippen molar-refractivity contribution in [2.45, 2.75) is 36.8 Å². The van der Waals surface area contributed by atoms with Crippen molar-refractivity contribution in [2.24, 2.45) is 0 Å². The minimum absolute atomic E-state index is 0.00737. The molecule has 0 saturated heterocycles. The van der Waals surface area contributed by atoms with Gasteiger partial charge in [-0.3, -0.25) is 4.79 Å². The molecule has 1 atom stereocenters. The summed E-state index contributed by atoms with van der Waals surface area (Å²) in [5.41, 5.74) is 0.0824. The molecule has 126 valence electrons. The third-order valence-electron chi connectivity index (χ3n) is 3.43. The number of carbonyl (C=O) groups is 2. The molecule has 0 aromatic heterocycles. The first-order chi connectivity index (χ1) is 10.7. The highest BCUT2D eigenvalue weighted by molar-refractivity contribution is 7.89. The zero-order chi connectivity index (χ0) is 17.2. The number of esters is 1. The summed E-state index contributed by atoms with van der Waals surface area (Å²) in [5, 5.41) is 2.74. The minimum Gasteiger partial charge on any atom is -0.449 e.